The molecule has 2 aromatic heterocycles. The van der Waals surface area contributed by atoms with Crippen molar-refractivity contribution in [1.29, 1.82) is 0 Å². The van der Waals surface area contributed by atoms with Crippen molar-refractivity contribution in [2.24, 2.45) is 5.92 Å². The molecule has 0 spiro atoms. The normalized spacial score (nSPS) is 20.5. The van der Waals surface area contributed by atoms with Crippen LogP contribution in [-0.2, 0) is 0 Å². The van der Waals surface area contributed by atoms with Crippen LogP contribution in [-0.4, -0.2) is 45.3 Å². The average Bonchev–Trinajstić information content (AvgIpc) is 3.20. The molecule has 6 nitrogen and oxygen atoms in total. The van der Waals surface area contributed by atoms with Crippen LogP contribution in [0.25, 0.3) is 5.82 Å². The Morgan fingerprint density at radius 1 is 1.38 bits per heavy atom. The van der Waals surface area contributed by atoms with Crippen LogP contribution in [0.4, 0.5) is 0 Å². The van der Waals surface area contributed by atoms with E-state index in [1.165, 1.54) is 0 Å². The number of rotatable bonds is 4. The third-order valence-corrected chi connectivity index (χ3v) is 4.98. The van der Waals surface area contributed by atoms with Crippen molar-refractivity contribution in [2.75, 3.05) is 13.6 Å². The van der Waals surface area contributed by atoms with Crippen LogP contribution in [0.1, 0.15) is 46.8 Å². The lowest BCUT2D eigenvalue weighted by Gasteiger charge is -2.23. The van der Waals surface area contributed by atoms with Gasteiger partial charge in [-0.25, -0.2) is 0 Å². The Labute approximate surface area is 142 Å². The van der Waals surface area contributed by atoms with Crippen LogP contribution in [0, 0.1) is 26.7 Å². The van der Waals surface area contributed by atoms with Gasteiger partial charge in [0.2, 0.25) is 0 Å². The smallest absolute Gasteiger partial charge is 0.255 e. The zero-order valence-electron chi connectivity index (χ0n) is 14.7. The summed E-state index contributed by atoms with van der Waals surface area (Å²) in [6.07, 6.45) is 2.57. The Balaban J connectivity index is 1.82. The minimum atomic E-state index is -0.286. The lowest BCUT2D eigenvalue weighted by atomic mass is 10.1. The molecule has 3 rings (SSSR count). The molecule has 1 saturated carbocycles. The second-order valence-electron chi connectivity index (χ2n) is 6.86. The van der Waals surface area contributed by atoms with Crippen molar-refractivity contribution in [3.8, 4) is 5.82 Å². The summed E-state index contributed by atoms with van der Waals surface area (Å²) in [5.74, 6) is 1.59. The molecule has 6 heteroatoms. The van der Waals surface area contributed by atoms with Crippen molar-refractivity contribution in [1.82, 2.24) is 14.6 Å². The van der Waals surface area contributed by atoms with E-state index in [2.05, 4.69) is 5.16 Å². The van der Waals surface area contributed by atoms with Crippen molar-refractivity contribution in [3.63, 3.8) is 0 Å². The summed E-state index contributed by atoms with van der Waals surface area (Å²) in [7, 11) is 1.81. The molecule has 0 saturated heterocycles. The van der Waals surface area contributed by atoms with Crippen LogP contribution in [0.5, 0.6) is 0 Å². The van der Waals surface area contributed by atoms with E-state index in [4.69, 9.17) is 4.52 Å². The number of carbonyl (C=O) groups excluding carboxylic acids is 1. The molecule has 0 bridgehead atoms. The van der Waals surface area contributed by atoms with Crippen molar-refractivity contribution in [3.05, 3.63) is 34.8 Å². The molecule has 2 aromatic rings. The number of hydrogen-bond acceptors (Lipinski definition) is 4. The molecule has 0 aliphatic heterocycles. The molecule has 2 atom stereocenters. The lowest BCUT2D eigenvalue weighted by Crippen LogP contribution is -2.34. The van der Waals surface area contributed by atoms with E-state index in [0.717, 1.165) is 36.4 Å². The van der Waals surface area contributed by atoms with E-state index in [-0.39, 0.29) is 17.9 Å². The van der Waals surface area contributed by atoms with E-state index in [1.807, 2.05) is 37.5 Å². The minimum Gasteiger partial charge on any atom is -0.393 e. The van der Waals surface area contributed by atoms with Crippen LogP contribution >= 0.6 is 0 Å². The fourth-order valence-corrected chi connectivity index (χ4v) is 3.66. The maximum atomic E-state index is 12.8. The number of aliphatic hydroxyl groups is 1. The highest BCUT2D eigenvalue weighted by Crippen LogP contribution is 2.27. The SMILES string of the molecule is Cc1cc(-n2c(C)cc(C(=O)N(C)CC3CCCC3O)c2C)no1. The Morgan fingerprint density at radius 2 is 2.12 bits per heavy atom. The van der Waals surface area contributed by atoms with Crippen molar-refractivity contribution < 1.29 is 14.4 Å². The number of aromatic nitrogens is 2. The van der Waals surface area contributed by atoms with Crippen LogP contribution < -0.4 is 0 Å². The number of amides is 1. The fourth-order valence-electron chi connectivity index (χ4n) is 3.66. The summed E-state index contributed by atoms with van der Waals surface area (Å²) in [6, 6.07) is 3.75. The predicted octanol–water partition coefficient (Wildman–Crippen LogP) is 2.62. The van der Waals surface area contributed by atoms with Gasteiger partial charge in [-0.15, -0.1) is 0 Å². The van der Waals surface area contributed by atoms with Gasteiger partial charge in [0.05, 0.1) is 11.7 Å². The zero-order valence-corrected chi connectivity index (χ0v) is 14.7. The topological polar surface area (TPSA) is 71.5 Å². The quantitative estimate of drug-likeness (QED) is 0.935. The van der Waals surface area contributed by atoms with Gasteiger partial charge in [0.25, 0.3) is 5.91 Å². The third-order valence-electron chi connectivity index (χ3n) is 4.98. The molecule has 1 aliphatic rings. The monoisotopic (exact) mass is 331 g/mol. The number of nitrogens with zero attached hydrogens (tertiary/aromatic N) is 3. The van der Waals surface area contributed by atoms with Crippen molar-refractivity contribution >= 4 is 5.91 Å². The Hall–Kier alpha value is -2.08. The Bertz CT molecular complexity index is 747. The molecular weight excluding hydrogens is 306 g/mol. The van der Waals surface area contributed by atoms with Crippen LogP contribution in [0.15, 0.2) is 16.7 Å². The first kappa shape index (κ1) is 16.8. The highest BCUT2D eigenvalue weighted by molar-refractivity contribution is 5.95. The first-order valence-electron chi connectivity index (χ1n) is 8.44. The van der Waals surface area contributed by atoms with Gasteiger partial charge >= 0.3 is 0 Å². The molecular formula is C18H25N3O3. The second kappa shape index (κ2) is 6.43. The summed E-state index contributed by atoms with van der Waals surface area (Å²) in [6.45, 7) is 6.31. The Morgan fingerprint density at radius 3 is 2.71 bits per heavy atom. The molecule has 0 aromatic carbocycles. The number of carbonyl (C=O) groups is 1. The first-order chi connectivity index (χ1) is 11.4. The standard InChI is InChI=1S/C18H25N3O3/c1-11-8-15(13(3)21(11)17-9-12(2)24-19-17)18(23)20(4)10-14-6-5-7-16(14)22/h8-9,14,16,22H,5-7,10H2,1-4H3. The van der Waals surface area contributed by atoms with Crippen molar-refractivity contribution in [2.45, 2.75) is 46.1 Å². The molecule has 2 heterocycles. The van der Waals surface area contributed by atoms with Gasteiger partial charge in [0.15, 0.2) is 5.82 Å². The maximum Gasteiger partial charge on any atom is 0.255 e. The van der Waals surface area contributed by atoms with Gasteiger partial charge in [-0.1, -0.05) is 11.6 Å². The maximum absolute atomic E-state index is 12.8. The number of aryl methyl sites for hydroxylation is 2. The summed E-state index contributed by atoms with van der Waals surface area (Å²) in [5.41, 5.74) is 2.46. The van der Waals surface area contributed by atoms with Crippen LogP contribution in [0.3, 0.4) is 0 Å². The number of hydrogen-bond donors (Lipinski definition) is 1. The van der Waals surface area contributed by atoms with Gasteiger partial charge in [0.1, 0.15) is 5.76 Å². The van der Waals surface area contributed by atoms with E-state index in [9.17, 15) is 9.90 Å². The zero-order chi connectivity index (χ0) is 17.4. The predicted molar refractivity (Wildman–Crippen MR) is 90.3 cm³/mol. The van der Waals surface area contributed by atoms with E-state index >= 15 is 0 Å². The third kappa shape index (κ3) is 2.98. The highest BCUT2D eigenvalue weighted by Gasteiger charge is 2.29. The number of aliphatic hydroxyl groups excluding tert-OH is 1. The van der Waals surface area contributed by atoms with Gasteiger partial charge in [0, 0.05) is 37.0 Å². The molecule has 2 unspecified atom stereocenters. The molecule has 1 aliphatic carbocycles. The second-order valence-corrected chi connectivity index (χ2v) is 6.86. The van der Waals surface area contributed by atoms with Gasteiger partial charge in [-0.05, 0) is 39.7 Å². The van der Waals surface area contributed by atoms with E-state index < -0.39 is 0 Å². The molecule has 1 amide bonds. The highest BCUT2D eigenvalue weighted by atomic mass is 16.5. The largest absolute Gasteiger partial charge is 0.393 e. The van der Waals surface area contributed by atoms with Gasteiger partial charge < -0.3 is 14.5 Å². The first-order valence-corrected chi connectivity index (χ1v) is 8.44. The summed E-state index contributed by atoms with van der Waals surface area (Å²) < 4.78 is 7.09. The Kier molecular flexibility index (Phi) is 4.49. The fraction of sp³-hybridized carbons (Fsp3) is 0.556. The molecule has 24 heavy (non-hydrogen) atoms. The summed E-state index contributed by atoms with van der Waals surface area (Å²) in [4.78, 5) is 14.6. The van der Waals surface area contributed by atoms with Gasteiger partial charge in [-0.3, -0.25) is 9.36 Å². The van der Waals surface area contributed by atoms with E-state index in [0.29, 0.717) is 17.9 Å². The van der Waals surface area contributed by atoms with E-state index in [1.54, 1.807) is 11.9 Å². The minimum absolute atomic E-state index is 0.0198. The molecule has 1 fully saturated rings. The van der Waals surface area contributed by atoms with Gasteiger partial charge in [-0.2, -0.15) is 0 Å². The average molecular weight is 331 g/mol. The lowest BCUT2D eigenvalue weighted by molar-refractivity contribution is 0.0693. The molecule has 1 N–H and O–H groups in total. The molecule has 0 radical (unpaired) electrons. The summed E-state index contributed by atoms with van der Waals surface area (Å²) in [5, 5.41) is 14.0. The molecule has 130 valence electrons. The van der Waals surface area contributed by atoms with Crippen LogP contribution in [0.2, 0.25) is 0 Å². The summed E-state index contributed by atoms with van der Waals surface area (Å²) >= 11 is 0.